The summed E-state index contributed by atoms with van der Waals surface area (Å²) in [6.07, 6.45) is 2.11. The molecule has 0 radical (unpaired) electrons. The van der Waals surface area contributed by atoms with Gasteiger partial charge in [0.2, 0.25) is 5.91 Å². The summed E-state index contributed by atoms with van der Waals surface area (Å²) in [5.74, 6) is 0.415. The van der Waals surface area contributed by atoms with Gasteiger partial charge in [-0.25, -0.2) is 0 Å². The number of aliphatic hydroxyl groups is 1. The van der Waals surface area contributed by atoms with E-state index in [-0.39, 0.29) is 12.5 Å². The van der Waals surface area contributed by atoms with Crippen LogP contribution in [0, 0.1) is 5.92 Å². The molecule has 5 heteroatoms. The van der Waals surface area contributed by atoms with Gasteiger partial charge in [-0.15, -0.1) is 0 Å². The number of piperidine rings is 1. The molecule has 1 atom stereocenters. The second-order valence-corrected chi connectivity index (χ2v) is 6.24. The topological polar surface area (TPSA) is 43.8 Å². The van der Waals surface area contributed by atoms with Gasteiger partial charge in [0.05, 0.1) is 6.54 Å². The predicted octanol–water partition coefficient (Wildman–Crippen LogP) is 2.00. The molecule has 1 saturated heterocycles. The van der Waals surface area contributed by atoms with Crippen molar-refractivity contribution in [2.45, 2.75) is 19.4 Å². The van der Waals surface area contributed by atoms with Crippen molar-refractivity contribution in [3.05, 3.63) is 34.9 Å². The number of benzene rings is 1. The zero-order valence-electron chi connectivity index (χ0n) is 12.5. The number of carbonyl (C=O) groups is 1. The molecule has 1 aromatic carbocycles. The number of hydrogen-bond donors (Lipinski definition) is 1. The van der Waals surface area contributed by atoms with E-state index in [9.17, 15) is 9.90 Å². The monoisotopic (exact) mass is 310 g/mol. The summed E-state index contributed by atoms with van der Waals surface area (Å²) in [6, 6.07) is 7.58. The minimum Gasteiger partial charge on any atom is -0.396 e. The van der Waals surface area contributed by atoms with E-state index in [0.717, 1.165) is 31.5 Å². The molecule has 0 saturated carbocycles. The molecule has 1 aromatic rings. The molecule has 2 rings (SSSR count). The Bertz CT molecular complexity index is 481. The molecule has 116 valence electrons. The zero-order valence-corrected chi connectivity index (χ0v) is 13.2. The van der Waals surface area contributed by atoms with Crippen LogP contribution in [0.4, 0.5) is 0 Å². The number of likely N-dealkylation sites (tertiary alicyclic amines) is 1. The highest BCUT2D eigenvalue weighted by atomic mass is 35.5. The Morgan fingerprint density at radius 1 is 1.52 bits per heavy atom. The predicted molar refractivity (Wildman–Crippen MR) is 84.2 cm³/mol. The van der Waals surface area contributed by atoms with Crippen LogP contribution in [0.3, 0.4) is 0 Å². The van der Waals surface area contributed by atoms with Gasteiger partial charge in [-0.2, -0.15) is 0 Å². The molecule has 1 aliphatic rings. The van der Waals surface area contributed by atoms with Crippen molar-refractivity contribution in [1.82, 2.24) is 9.80 Å². The average Bonchev–Trinajstić information content (AvgIpc) is 2.47. The lowest BCUT2D eigenvalue weighted by molar-refractivity contribution is -0.132. The fraction of sp³-hybridized carbons (Fsp3) is 0.562. The van der Waals surface area contributed by atoms with E-state index in [1.165, 1.54) is 0 Å². The maximum absolute atomic E-state index is 12.3. The highest BCUT2D eigenvalue weighted by Gasteiger charge is 2.22. The van der Waals surface area contributed by atoms with Gasteiger partial charge in [0.1, 0.15) is 0 Å². The number of likely N-dealkylation sites (N-methyl/N-ethyl adjacent to an activating group) is 1. The summed E-state index contributed by atoms with van der Waals surface area (Å²) < 4.78 is 0. The molecule has 0 spiro atoms. The Kier molecular flexibility index (Phi) is 6.03. The molecule has 1 aliphatic heterocycles. The second-order valence-electron chi connectivity index (χ2n) is 5.81. The van der Waals surface area contributed by atoms with Crippen molar-refractivity contribution in [2.75, 3.05) is 33.3 Å². The van der Waals surface area contributed by atoms with E-state index < -0.39 is 0 Å². The van der Waals surface area contributed by atoms with Crippen molar-refractivity contribution in [1.29, 1.82) is 0 Å². The largest absolute Gasteiger partial charge is 0.396 e. The summed E-state index contributed by atoms with van der Waals surface area (Å²) in [4.78, 5) is 16.2. The third-order valence-electron chi connectivity index (χ3n) is 3.95. The average molecular weight is 311 g/mol. The third-order valence-corrected chi connectivity index (χ3v) is 4.19. The number of amides is 1. The van der Waals surface area contributed by atoms with Gasteiger partial charge in [0, 0.05) is 31.8 Å². The smallest absolute Gasteiger partial charge is 0.236 e. The quantitative estimate of drug-likeness (QED) is 0.904. The molecular weight excluding hydrogens is 288 g/mol. The van der Waals surface area contributed by atoms with Crippen LogP contribution < -0.4 is 0 Å². The van der Waals surface area contributed by atoms with Crippen LogP contribution in [0.1, 0.15) is 18.4 Å². The Hall–Kier alpha value is -1.10. The van der Waals surface area contributed by atoms with E-state index in [0.29, 0.717) is 24.0 Å². The lowest BCUT2D eigenvalue weighted by Crippen LogP contribution is -2.43. The molecule has 1 amide bonds. The fourth-order valence-electron chi connectivity index (χ4n) is 2.75. The fourth-order valence-corrected chi connectivity index (χ4v) is 2.97. The first kappa shape index (κ1) is 16.3. The van der Waals surface area contributed by atoms with Gasteiger partial charge in [0.15, 0.2) is 0 Å². The van der Waals surface area contributed by atoms with Crippen LogP contribution >= 0.6 is 11.6 Å². The molecule has 1 unspecified atom stereocenters. The number of hydrogen-bond acceptors (Lipinski definition) is 3. The van der Waals surface area contributed by atoms with Crippen LogP contribution in [-0.4, -0.2) is 54.1 Å². The van der Waals surface area contributed by atoms with Gasteiger partial charge < -0.3 is 10.0 Å². The first-order valence-corrected chi connectivity index (χ1v) is 7.78. The molecule has 0 bridgehead atoms. The Labute approximate surface area is 131 Å². The molecule has 0 aliphatic carbocycles. The van der Waals surface area contributed by atoms with Crippen LogP contribution in [0.2, 0.25) is 5.02 Å². The number of carbonyl (C=O) groups excluding carboxylic acids is 1. The summed E-state index contributed by atoms with van der Waals surface area (Å²) >= 11 is 5.96. The van der Waals surface area contributed by atoms with E-state index in [2.05, 4.69) is 4.90 Å². The van der Waals surface area contributed by atoms with Crippen molar-refractivity contribution in [3.8, 4) is 0 Å². The first-order chi connectivity index (χ1) is 10.1. The number of halogens is 1. The molecule has 1 N–H and O–H groups in total. The van der Waals surface area contributed by atoms with Crippen molar-refractivity contribution >= 4 is 17.5 Å². The van der Waals surface area contributed by atoms with E-state index in [1.807, 2.05) is 31.3 Å². The van der Waals surface area contributed by atoms with Gasteiger partial charge in [-0.3, -0.25) is 9.69 Å². The Balaban J connectivity index is 1.85. The Morgan fingerprint density at radius 2 is 2.33 bits per heavy atom. The molecule has 0 aromatic heterocycles. The lowest BCUT2D eigenvalue weighted by atomic mass is 9.99. The molecule has 21 heavy (non-hydrogen) atoms. The SMILES string of the molecule is CN(Cc1cccc(Cl)c1)C(=O)CN1CCCC(CO)C1. The Morgan fingerprint density at radius 3 is 3.05 bits per heavy atom. The number of nitrogens with zero attached hydrogens (tertiary/aromatic N) is 2. The highest BCUT2D eigenvalue weighted by Crippen LogP contribution is 2.16. The molecule has 1 heterocycles. The number of rotatable bonds is 5. The summed E-state index contributed by atoms with van der Waals surface area (Å²) in [7, 11) is 1.82. The lowest BCUT2D eigenvalue weighted by Gasteiger charge is -2.32. The van der Waals surface area contributed by atoms with Crippen molar-refractivity contribution < 1.29 is 9.90 Å². The molecule has 1 fully saturated rings. The van der Waals surface area contributed by atoms with Gasteiger partial charge in [-0.1, -0.05) is 23.7 Å². The van der Waals surface area contributed by atoms with Crippen molar-refractivity contribution in [3.63, 3.8) is 0 Å². The summed E-state index contributed by atoms with van der Waals surface area (Å²) in [6.45, 7) is 2.95. The van der Waals surface area contributed by atoms with Crippen molar-refractivity contribution in [2.24, 2.45) is 5.92 Å². The normalized spacial score (nSPS) is 19.5. The van der Waals surface area contributed by atoms with Crippen LogP contribution in [0.25, 0.3) is 0 Å². The second kappa shape index (κ2) is 7.78. The molecular formula is C16H23ClN2O2. The molecule has 4 nitrogen and oxygen atoms in total. The van der Waals surface area contributed by atoms with Crippen LogP contribution in [0.5, 0.6) is 0 Å². The first-order valence-electron chi connectivity index (χ1n) is 7.40. The third kappa shape index (κ3) is 4.99. The summed E-state index contributed by atoms with van der Waals surface area (Å²) in [5.41, 5.74) is 1.03. The highest BCUT2D eigenvalue weighted by molar-refractivity contribution is 6.30. The van der Waals surface area contributed by atoms with Gasteiger partial charge in [0.25, 0.3) is 0 Å². The number of aliphatic hydroxyl groups excluding tert-OH is 1. The van der Waals surface area contributed by atoms with Gasteiger partial charge in [-0.05, 0) is 43.0 Å². The van der Waals surface area contributed by atoms with Crippen LogP contribution in [-0.2, 0) is 11.3 Å². The standard InChI is InChI=1S/C16H23ClN2O2/c1-18(9-13-4-2-6-15(17)8-13)16(21)11-19-7-3-5-14(10-19)12-20/h2,4,6,8,14,20H,3,5,7,9-12H2,1H3. The van der Waals surface area contributed by atoms with Gasteiger partial charge >= 0.3 is 0 Å². The minimum absolute atomic E-state index is 0.105. The maximum Gasteiger partial charge on any atom is 0.236 e. The van der Waals surface area contributed by atoms with E-state index in [1.54, 1.807) is 4.90 Å². The van der Waals surface area contributed by atoms with E-state index >= 15 is 0 Å². The minimum atomic E-state index is 0.105. The van der Waals surface area contributed by atoms with E-state index in [4.69, 9.17) is 11.6 Å². The zero-order chi connectivity index (χ0) is 15.2. The van der Waals surface area contributed by atoms with Crippen LogP contribution in [0.15, 0.2) is 24.3 Å². The summed E-state index contributed by atoms with van der Waals surface area (Å²) in [5, 5.41) is 9.93. The maximum atomic E-state index is 12.3.